The van der Waals surface area contributed by atoms with Crippen molar-refractivity contribution in [3.8, 4) is 6.07 Å². The van der Waals surface area contributed by atoms with Crippen molar-refractivity contribution in [2.45, 2.75) is 30.8 Å². The van der Waals surface area contributed by atoms with E-state index in [4.69, 9.17) is 16.6 Å². The Labute approximate surface area is 201 Å². The molecule has 3 rings (SSSR count). The molecule has 0 unspecified atom stereocenters. The molecule has 3 aromatic rings. The van der Waals surface area contributed by atoms with Gasteiger partial charge in [0.1, 0.15) is 17.3 Å². The number of alkyl halides is 2. The van der Waals surface area contributed by atoms with Gasteiger partial charge >= 0.3 is 0 Å². The van der Waals surface area contributed by atoms with E-state index in [2.05, 4.69) is 27.8 Å². The molecular formula is C22H23AlClF2N6O. The van der Waals surface area contributed by atoms with Gasteiger partial charge in [-0.3, -0.25) is 4.99 Å². The van der Waals surface area contributed by atoms with Crippen molar-refractivity contribution in [3.05, 3.63) is 69.2 Å². The summed E-state index contributed by atoms with van der Waals surface area (Å²) < 4.78 is 28.3. The normalized spacial score (nSPS) is 12.0. The van der Waals surface area contributed by atoms with E-state index >= 15 is 0 Å². The lowest BCUT2D eigenvalue weighted by atomic mass is 10.1. The van der Waals surface area contributed by atoms with E-state index in [1.54, 1.807) is 19.1 Å². The quantitative estimate of drug-likeness (QED) is 0.388. The Balaban J connectivity index is 0.00000385. The predicted molar refractivity (Wildman–Crippen MR) is 127 cm³/mol. The molecule has 171 valence electrons. The summed E-state index contributed by atoms with van der Waals surface area (Å²) in [6, 6.07) is 7.16. The van der Waals surface area contributed by atoms with Gasteiger partial charge in [-0.05, 0) is 43.3 Å². The summed E-state index contributed by atoms with van der Waals surface area (Å²) in [5, 5.41) is 18.8. The largest absolute Gasteiger partial charge is 0.412 e. The number of nitrogens with one attached hydrogen (secondary N) is 1. The van der Waals surface area contributed by atoms with Crippen LogP contribution in [-0.4, -0.2) is 41.8 Å². The van der Waals surface area contributed by atoms with Crippen LogP contribution in [0.25, 0.3) is 11.7 Å². The number of nitriles is 1. The molecule has 3 N–H and O–H groups in total. The molecule has 11 heteroatoms. The van der Waals surface area contributed by atoms with Crippen LogP contribution in [0.2, 0.25) is 16.1 Å². The highest BCUT2D eigenvalue weighted by molar-refractivity contribution is 6.33. The summed E-state index contributed by atoms with van der Waals surface area (Å²) in [7, 11) is 0. The molecule has 7 nitrogen and oxygen atoms in total. The fraction of sp³-hybridized carbons (Fsp3) is 0.273. The van der Waals surface area contributed by atoms with E-state index < -0.39 is 12.1 Å². The van der Waals surface area contributed by atoms with Gasteiger partial charge in [0.2, 0.25) is 0 Å². The molecule has 1 aromatic carbocycles. The first-order valence-corrected chi connectivity index (χ1v) is 12.3. The summed E-state index contributed by atoms with van der Waals surface area (Å²) in [5.74, 6) is 2.17. The summed E-state index contributed by atoms with van der Waals surface area (Å²) in [5.41, 5.74) is 1.71. The fourth-order valence-corrected chi connectivity index (χ4v) is 4.04. The van der Waals surface area contributed by atoms with Gasteiger partial charge in [-0.1, -0.05) is 24.2 Å². The number of hydrogen-bond acceptors (Lipinski definition) is 5. The molecule has 1 radical (unpaired) electrons. The van der Waals surface area contributed by atoms with Crippen molar-refractivity contribution in [3.63, 3.8) is 0 Å². The Morgan fingerprint density at radius 2 is 2.18 bits per heavy atom. The van der Waals surface area contributed by atoms with Crippen LogP contribution in [-0.2, 0) is 0 Å². The van der Waals surface area contributed by atoms with Crippen molar-refractivity contribution >= 4 is 44.2 Å². The van der Waals surface area contributed by atoms with Crippen molar-refractivity contribution in [2.24, 2.45) is 4.99 Å². The van der Waals surface area contributed by atoms with E-state index in [1.807, 2.05) is 18.2 Å². The molecule has 0 saturated carbocycles. The first-order chi connectivity index (χ1) is 15.4. The third kappa shape index (κ3) is 5.76. The lowest BCUT2D eigenvalue weighted by molar-refractivity contribution is 0.145. The molecule has 0 saturated heterocycles. The van der Waals surface area contributed by atoms with Crippen molar-refractivity contribution in [1.29, 1.82) is 5.26 Å². The summed E-state index contributed by atoms with van der Waals surface area (Å²) >= 11 is 6.48. The highest BCUT2D eigenvalue weighted by atomic mass is 35.5. The van der Waals surface area contributed by atoms with Crippen LogP contribution in [0.3, 0.4) is 0 Å². The molecule has 33 heavy (non-hydrogen) atoms. The molecule has 0 aliphatic heterocycles. The Hall–Kier alpha value is -2.82. The van der Waals surface area contributed by atoms with Gasteiger partial charge in [-0.25, -0.2) is 13.8 Å². The molecule has 0 aliphatic rings. The molecule has 2 aromatic heterocycles. The maximum atomic E-state index is 13.5. The number of rotatable bonds is 8. The van der Waals surface area contributed by atoms with Gasteiger partial charge in [0.05, 0.1) is 5.69 Å². The van der Waals surface area contributed by atoms with Crippen LogP contribution >= 0.6 is 11.6 Å². The molecule has 0 atom stereocenters. The molecule has 0 spiro atoms. The number of halogens is 3. The van der Waals surface area contributed by atoms with Gasteiger partial charge in [-0.15, -0.1) is 11.1 Å². The highest BCUT2D eigenvalue weighted by Crippen LogP contribution is 2.23. The number of aryl methyl sites for hydroxylation is 1. The first kappa shape index (κ1) is 26.4. The topological polar surface area (TPSA) is 110 Å². The smallest absolute Gasteiger partial charge is 0.283 e. The van der Waals surface area contributed by atoms with Crippen molar-refractivity contribution in [1.82, 2.24) is 14.6 Å². The standard InChI is InChI=1S/C21H18ClF2N6.CH3.Al.H2O/c1-4-8-27-20-15(9-13-6-7-14(22)10-17(13)26-5-2)12(3)28-21-16(11-25)18(19(23)24)29-30(20)21;;;/h5-7,9-10,19,26H,1-2,4,8H2,3H3;1H3;;1H2/b15-9+,27-20?;;;. The SMILES string of the molecule is C=CNc1cc(Cl)ccc1/C=c1\c(C)nc2c(C#N)c(C(F)F)nn2c1=NCC[CH2][Al][CH3].O. The maximum Gasteiger partial charge on any atom is 0.283 e. The van der Waals surface area contributed by atoms with Gasteiger partial charge < -0.3 is 10.8 Å². The molecule has 2 heterocycles. The predicted octanol–water partition coefficient (Wildman–Crippen LogP) is 3.24. The van der Waals surface area contributed by atoms with E-state index in [1.165, 1.54) is 10.7 Å². The lowest BCUT2D eigenvalue weighted by Gasteiger charge is -2.07. The number of anilines is 1. The minimum absolute atomic E-state index is 0. The number of nitrogens with zero attached hydrogens (tertiary/aromatic N) is 5. The number of fused-ring (bicyclic) bond motifs is 1. The van der Waals surface area contributed by atoms with Gasteiger partial charge in [0.15, 0.2) is 26.4 Å². The zero-order chi connectivity index (χ0) is 23.3. The molecular weight excluding hydrogens is 465 g/mol. The summed E-state index contributed by atoms with van der Waals surface area (Å²) in [6.07, 6.45) is 1.38. The van der Waals surface area contributed by atoms with Gasteiger partial charge in [-0.2, -0.15) is 14.9 Å². The zero-order valence-electron chi connectivity index (χ0n) is 18.2. The Morgan fingerprint density at radius 1 is 1.42 bits per heavy atom. The van der Waals surface area contributed by atoms with Crippen LogP contribution in [0.4, 0.5) is 14.5 Å². The van der Waals surface area contributed by atoms with Gasteiger partial charge in [0, 0.05) is 22.5 Å². The maximum absolute atomic E-state index is 13.5. The second-order valence-electron chi connectivity index (χ2n) is 7.00. The van der Waals surface area contributed by atoms with Crippen LogP contribution in [0.1, 0.15) is 35.4 Å². The Morgan fingerprint density at radius 3 is 2.82 bits per heavy atom. The Kier molecular flexibility index (Phi) is 9.51. The summed E-state index contributed by atoms with van der Waals surface area (Å²) in [4.78, 5) is 9.13. The molecule has 0 fully saturated rings. The Bertz CT molecular complexity index is 1320. The van der Waals surface area contributed by atoms with Crippen LogP contribution in [0, 0.1) is 18.3 Å². The third-order valence-electron chi connectivity index (χ3n) is 4.80. The van der Waals surface area contributed by atoms with Crippen LogP contribution < -0.4 is 16.0 Å². The number of hydrogen-bond donors (Lipinski definition) is 1. The molecule has 0 amide bonds. The van der Waals surface area contributed by atoms with Gasteiger partial charge in [0.25, 0.3) is 6.43 Å². The molecule has 0 aliphatic carbocycles. The second kappa shape index (κ2) is 11.9. The summed E-state index contributed by atoms with van der Waals surface area (Å²) in [6.45, 7) is 5.97. The number of aromatic nitrogens is 3. The lowest BCUT2D eigenvalue weighted by Crippen LogP contribution is -2.36. The average molecular weight is 488 g/mol. The van der Waals surface area contributed by atoms with E-state index in [9.17, 15) is 14.0 Å². The first-order valence-electron chi connectivity index (χ1n) is 9.99. The number of benzene rings is 1. The van der Waals surface area contributed by atoms with Crippen molar-refractivity contribution < 1.29 is 14.3 Å². The van der Waals surface area contributed by atoms with Crippen molar-refractivity contribution in [2.75, 3.05) is 11.9 Å². The third-order valence-corrected chi connectivity index (χ3v) is 6.02. The second-order valence-corrected chi connectivity index (χ2v) is 8.83. The minimum Gasteiger partial charge on any atom is -0.412 e. The van der Waals surface area contributed by atoms with Crippen LogP contribution in [0.15, 0.2) is 36.0 Å². The fourth-order valence-electron chi connectivity index (χ4n) is 3.28. The highest BCUT2D eigenvalue weighted by Gasteiger charge is 2.23. The van der Waals surface area contributed by atoms with E-state index in [0.29, 0.717) is 43.2 Å². The minimum atomic E-state index is -2.89. The monoisotopic (exact) mass is 487 g/mol. The van der Waals surface area contributed by atoms with Crippen LogP contribution in [0.5, 0.6) is 0 Å². The zero-order valence-corrected chi connectivity index (χ0v) is 20.2. The molecule has 0 bridgehead atoms. The van der Waals surface area contributed by atoms with E-state index in [0.717, 1.165) is 23.0 Å². The van der Waals surface area contributed by atoms with E-state index in [-0.39, 0.29) is 16.7 Å². The average Bonchev–Trinajstić information content (AvgIpc) is 3.13.